The highest BCUT2D eigenvalue weighted by Gasteiger charge is 2.43. The van der Waals surface area contributed by atoms with Crippen molar-refractivity contribution in [3.8, 4) is 0 Å². The van der Waals surface area contributed by atoms with E-state index in [9.17, 15) is 4.79 Å². The summed E-state index contributed by atoms with van der Waals surface area (Å²) in [6.07, 6.45) is 5.91. The number of rotatable bonds is 2. The van der Waals surface area contributed by atoms with E-state index in [1.165, 1.54) is 0 Å². The number of amides is 1. The quantitative estimate of drug-likeness (QED) is 0.553. The molecule has 3 fully saturated rings. The number of carboxylic acid groups (broad SMARTS) is 2. The van der Waals surface area contributed by atoms with Crippen LogP contribution in [0.25, 0.3) is 0 Å². The zero-order valence-electron chi connectivity index (χ0n) is 17.0. The molecule has 0 radical (unpaired) electrons. The number of anilines is 1. The number of carbonyl (C=O) groups is 3. The molecule has 3 aliphatic heterocycles. The van der Waals surface area contributed by atoms with Gasteiger partial charge in [-0.25, -0.2) is 14.6 Å². The molecule has 0 aromatic carbocycles. The first-order valence-corrected chi connectivity index (χ1v) is 9.96. The standard InChI is InChI=1S/C17H24N4O4.C2H2O4/c22-16(14-1-6-23-10-14)21-5-8-25-17(12-21)11-20(4-7-24-13-17)15-9-18-2-3-19-15;3-1(4)2(5)6/h2-3,9,14H,1,4-8,10-13H2;(H,3,4)(H,5,6). The second-order valence-electron chi connectivity index (χ2n) is 7.50. The van der Waals surface area contributed by atoms with E-state index in [-0.39, 0.29) is 11.8 Å². The van der Waals surface area contributed by atoms with Gasteiger partial charge in [-0.3, -0.25) is 9.78 Å². The number of hydrogen-bond donors (Lipinski definition) is 2. The average Bonchev–Trinajstić information content (AvgIpc) is 3.24. The Morgan fingerprint density at radius 3 is 2.48 bits per heavy atom. The molecule has 1 amide bonds. The van der Waals surface area contributed by atoms with E-state index in [4.69, 9.17) is 34.0 Å². The summed E-state index contributed by atoms with van der Waals surface area (Å²) >= 11 is 0. The highest BCUT2D eigenvalue weighted by molar-refractivity contribution is 6.27. The predicted octanol–water partition coefficient (Wildman–Crippen LogP) is -0.897. The zero-order valence-corrected chi connectivity index (χ0v) is 17.0. The van der Waals surface area contributed by atoms with Gasteiger partial charge in [-0.2, -0.15) is 0 Å². The third kappa shape index (κ3) is 6.09. The molecular weight excluding hydrogens is 412 g/mol. The molecule has 2 N–H and O–H groups in total. The first-order valence-electron chi connectivity index (χ1n) is 9.96. The van der Waals surface area contributed by atoms with Gasteiger partial charge in [-0.15, -0.1) is 0 Å². The fourth-order valence-corrected chi connectivity index (χ4v) is 3.76. The van der Waals surface area contributed by atoms with E-state index in [0.717, 1.165) is 18.8 Å². The average molecular weight is 438 g/mol. The van der Waals surface area contributed by atoms with Crippen LogP contribution >= 0.6 is 0 Å². The molecular formula is C19H26N4O8. The molecule has 170 valence electrons. The van der Waals surface area contributed by atoms with Gasteiger partial charge >= 0.3 is 11.9 Å². The molecule has 0 aliphatic carbocycles. The van der Waals surface area contributed by atoms with Gasteiger partial charge in [0.15, 0.2) is 0 Å². The van der Waals surface area contributed by atoms with E-state index in [1.54, 1.807) is 18.6 Å². The summed E-state index contributed by atoms with van der Waals surface area (Å²) in [5.74, 6) is -2.68. The summed E-state index contributed by atoms with van der Waals surface area (Å²) in [5.41, 5.74) is -0.526. The highest BCUT2D eigenvalue weighted by atomic mass is 16.5. The van der Waals surface area contributed by atoms with E-state index in [0.29, 0.717) is 52.7 Å². The fraction of sp³-hybridized carbons (Fsp3) is 0.632. The van der Waals surface area contributed by atoms with Gasteiger partial charge in [0.2, 0.25) is 5.91 Å². The Labute approximate surface area is 178 Å². The molecule has 4 heterocycles. The Kier molecular flexibility index (Phi) is 7.71. The van der Waals surface area contributed by atoms with Crippen molar-refractivity contribution in [1.82, 2.24) is 14.9 Å². The van der Waals surface area contributed by atoms with Crippen LogP contribution in [0, 0.1) is 5.92 Å². The predicted molar refractivity (Wildman–Crippen MR) is 105 cm³/mol. The van der Waals surface area contributed by atoms with Gasteiger partial charge < -0.3 is 34.2 Å². The van der Waals surface area contributed by atoms with Crippen LogP contribution in [0.5, 0.6) is 0 Å². The van der Waals surface area contributed by atoms with E-state index < -0.39 is 17.5 Å². The number of ether oxygens (including phenoxy) is 3. The van der Waals surface area contributed by atoms with Crippen LogP contribution in [0.3, 0.4) is 0 Å². The summed E-state index contributed by atoms with van der Waals surface area (Å²) in [6, 6.07) is 0. The Morgan fingerprint density at radius 1 is 1.03 bits per heavy atom. The Balaban J connectivity index is 0.000000401. The van der Waals surface area contributed by atoms with Gasteiger partial charge in [0.25, 0.3) is 0 Å². The maximum atomic E-state index is 12.8. The lowest BCUT2D eigenvalue weighted by Crippen LogP contribution is -2.60. The fourth-order valence-electron chi connectivity index (χ4n) is 3.76. The summed E-state index contributed by atoms with van der Waals surface area (Å²) in [6.45, 7) is 5.35. The lowest BCUT2D eigenvalue weighted by Gasteiger charge is -2.44. The van der Waals surface area contributed by atoms with Crippen LogP contribution in [-0.4, -0.2) is 108 Å². The van der Waals surface area contributed by atoms with Crippen molar-refractivity contribution < 1.29 is 38.8 Å². The zero-order chi connectivity index (χ0) is 22.3. The van der Waals surface area contributed by atoms with Crippen LogP contribution in [-0.2, 0) is 28.6 Å². The number of morpholine rings is 1. The normalized spacial score (nSPS) is 26.0. The lowest BCUT2D eigenvalue weighted by atomic mass is 9.99. The second-order valence-corrected chi connectivity index (χ2v) is 7.50. The van der Waals surface area contributed by atoms with Crippen LogP contribution in [0.15, 0.2) is 18.6 Å². The third-order valence-corrected chi connectivity index (χ3v) is 5.25. The van der Waals surface area contributed by atoms with Crippen LogP contribution in [0.2, 0.25) is 0 Å². The molecule has 4 rings (SSSR count). The van der Waals surface area contributed by atoms with E-state index >= 15 is 0 Å². The van der Waals surface area contributed by atoms with Crippen LogP contribution in [0.1, 0.15) is 6.42 Å². The van der Waals surface area contributed by atoms with Crippen LogP contribution < -0.4 is 4.90 Å². The number of aromatic nitrogens is 2. The first-order chi connectivity index (χ1) is 14.9. The highest BCUT2D eigenvalue weighted by Crippen LogP contribution is 2.26. The van der Waals surface area contributed by atoms with Crippen molar-refractivity contribution in [3.05, 3.63) is 18.6 Å². The molecule has 1 aromatic rings. The Bertz CT molecular complexity index is 761. The molecule has 1 aromatic heterocycles. The molecule has 12 heteroatoms. The molecule has 3 saturated heterocycles. The minimum atomic E-state index is -1.82. The summed E-state index contributed by atoms with van der Waals surface area (Å²) in [5, 5.41) is 14.8. The maximum absolute atomic E-state index is 12.8. The SMILES string of the molecule is O=C(C1CCOC1)N1CCOC2(COCCN(c3cnccn3)C2)C1.O=C(O)C(=O)O. The van der Waals surface area contributed by atoms with Crippen LogP contribution in [0.4, 0.5) is 5.82 Å². The topological polar surface area (TPSA) is 152 Å². The minimum Gasteiger partial charge on any atom is -0.473 e. The van der Waals surface area contributed by atoms with Crippen molar-refractivity contribution in [2.24, 2.45) is 5.92 Å². The molecule has 1 spiro atoms. The number of aliphatic carboxylic acids is 2. The molecule has 3 aliphatic rings. The van der Waals surface area contributed by atoms with Crippen molar-refractivity contribution in [1.29, 1.82) is 0 Å². The third-order valence-electron chi connectivity index (χ3n) is 5.25. The number of carboxylic acids is 2. The summed E-state index contributed by atoms with van der Waals surface area (Å²) < 4.78 is 17.3. The monoisotopic (exact) mass is 438 g/mol. The Morgan fingerprint density at radius 2 is 1.84 bits per heavy atom. The molecule has 12 nitrogen and oxygen atoms in total. The number of nitrogens with zero attached hydrogens (tertiary/aromatic N) is 4. The molecule has 31 heavy (non-hydrogen) atoms. The molecule has 0 saturated carbocycles. The Hall–Kier alpha value is -2.83. The largest absolute Gasteiger partial charge is 0.473 e. The summed E-state index contributed by atoms with van der Waals surface area (Å²) in [4.78, 5) is 43.6. The smallest absolute Gasteiger partial charge is 0.414 e. The first kappa shape index (κ1) is 22.8. The number of carbonyl (C=O) groups excluding carboxylic acids is 1. The molecule has 2 atom stereocenters. The van der Waals surface area contributed by atoms with Crippen molar-refractivity contribution in [2.45, 2.75) is 12.0 Å². The molecule has 0 bridgehead atoms. The molecule has 2 unspecified atom stereocenters. The van der Waals surface area contributed by atoms with E-state index in [2.05, 4.69) is 14.9 Å². The number of hydrogen-bond acceptors (Lipinski definition) is 9. The van der Waals surface area contributed by atoms with Gasteiger partial charge in [0.05, 0.1) is 51.6 Å². The van der Waals surface area contributed by atoms with Gasteiger partial charge in [-0.05, 0) is 6.42 Å². The lowest BCUT2D eigenvalue weighted by molar-refractivity contribution is -0.160. The minimum absolute atomic E-state index is 0.0158. The van der Waals surface area contributed by atoms with Gasteiger partial charge in [0.1, 0.15) is 11.4 Å². The van der Waals surface area contributed by atoms with Crippen molar-refractivity contribution in [2.75, 3.05) is 64.1 Å². The van der Waals surface area contributed by atoms with Crippen molar-refractivity contribution in [3.63, 3.8) is 0 Å². The van der Waals surface area contributed by atoms with Crippen molar-refractivity contribution >= 4 is 23.7 Å². The van der Waals surface area contributed by atoms with E-state index in [1.807, 2.05) is 4.90 Å². The maximum Gasteiger partial charge on any atom is 0.414 e. The summed E-state index contributed by atoms with van der Waals surface area (Å²) in [7, 11) is 0. The second kappa shape index (κ2) is 10.5. The van der Waals surface area contributed by atoms with Gasteiger partial charge in [0, 0.05) is 32.1 Å². The van der Waals surface area contributed by atoms with Gasteiger partial charge in [-0.1, -0.05) is 0 Å².